The zero-order valence-electron chi connectivity index (χ0n) is 15.5. The van der Waals surface area contributed by atoms with Crippen LogP contribution < -0.4 is 4.46 Å². The molecule has 2 unspecified atom stereocenters. The van der Waals surface area contributed by atoms with Gasteiger partial charge in [-0.05, 0) is 0 Å². The van der Waals surface area contributed by atoms with Crippen molar-refractivity contribution in [1.82, 2.24) is 19.5 Å². The van der Waals surface area contributed by atoms with Gasteiger partial charge in [-0.1, -0.05) is 0 Å². The van der Waals surface area contributed by atoms with Crippen molar-refractivity contribution >= 4 is 41.6 Å². The molecule has 0 radical (unpaired) electrons. The Morgan fingerprint density at radius 2 is 2.07 bits per heavy atom. The second-order valence-electron chi connectivity index (χ2n) is 6.73. The van der Waals surface area contributed by atoms with Crippen LogP contribution in [0.4, 0.5) is 13.2 Å². The van der Waals surface area contributed by atoms with Crippen molar-refractivity contribution in [2.75, 3.05) is 27.3 Å². The third-order valence-electron chi connectivity index (χ3n) is 4.89. The maximum absolute atomic E-state index is 14.0. The second-order valence-corrected chi connectivity index (χ2v) is 10.3. The topological polar surface area (TPSA) is 59.7 Å². The van der Waals surface area contributed by atoms with E-state index < -0.39 is 37.1 Å². The van der Waals surface area contributed by atoms with Crippen molar-refractivity contribution in [2.24, 2.45) is 5.92 Å². The fraction of sp³-hybridized carbons (Fsp3) is 0.389. The van der Waals surface area contributed by atoms with Crippen LogP contribution in [-0.4, -0.2) is 67.7 Å². The SMILES string of the molecule is COCC1CN(C)C(=O)C1([Se]c1ccccc1)c1c(C(F)(F)F)nc2scnn12. The van der Waals surface area contributed by atoms with Crippen LogP contribution in [0.1, 0.15) is 11.4 Å². The van der Waals surface area contributed by atoms with Gasteiger partial charge in [-0.15, -0.1) is 0 Å². The van der Waals surface area contributed by atoms with Gasteiger partial charge in [0.25, 0.3) is 0 Å². The Morgan fingerprint density at radius 3 is 2.72 bits per heavy atom. The van der Waals surface area contributed by atoms with E-state index in [2.05, 4.69) is 10.1 Å². The first-order valence-electron chi connectivity index (χ1n) is 8.67. The van der Waals surface area contributed by atoms with Crippen molar-refractivity contribution < 1.29 is 22.7 Å². The first-order chi connectivity index (χ1) is 13.8. The van der Waals surface area contributed by atoms with E-state index in [1.54, 1.807) is 7.05 Å². The number of hydrogen-bond donors (Lipinski definition) is 0. The first kappa shape index (κ1) is 20.3. The molecule has 1 fully saturated rings. The summed E-state index contributed by atoms with van der Waals surface area (Å²) in [7, 11) is 3.10. The summed E-state index contributed by atoms with van der Waals surface area (Å²) < 4.78 is 48.0. The molecule has 1 aliphatic rings. The van der Waals surface area contributed by atoms with Crippen molar-refractivity contribution in [1.29, 1.82) is 0 Å². The van der Waals surface area contributed by atoms with E-state index in [1.165, 1.54) is 22.0 Å². The number of methoxy groups -OCH3 is 1. The first-order valence-corrected chi connectivity index (χ1v) is 11.3. The Morgan fingerprint density at radius 1 is 1.34 bits per heavy atom. The Labute approximate surface area is 174 Å². The van der Waals surface area contributed by atoms with Gasteiger partial charge >= 0.3 is 175 Å². The number of benzene rings is 1. The molecule has 2 aromatic heterocycles. The van der Waals surface area contributed by atoms with Gasteiger partial charge in [0.2, 0.25) is 0 Å². The summed E-state index contributed by atoms with van der Waals surface area (Å²) >= 11 is 0.356. The van der Waals surface area contributed by atoms with Crippen LogP contribution >= 0.6 is 11.3 Å². The molecule has 3 heterocycles. The quantitative estimate of drug-likeness (QED) is 0.513. The number of likely N-dealkylation sites (N-methyl/N-ethyl adjacent to an activating group) is 1. The number of hydrogen-bond acceptors (Lipinski definition) is 5. The van der Waals surface area contributed by atoms with Crippen molar-refractivity contribution in [3.63, 3.8) is 0 Å². The number of halogens is 3. The van der Waals surface area contributed by atoms with Gasteiger partial charge in [0.1, 0.15) is 0 Å². The van der Waals surface area contributed by atoms with Gasteiger partial charge in [0.05, 0.1) is 0 Å². The average molecular weight is 489 g/mol. The van der Waals surface area contributed by atoms with E-state index in [9.17, 15) is 18.0 Å². The number of nitrogens with zero attached hydrogens (tertiary/aromatic N) is 4. The molecule has 1 aliphatic heterocycles. The summed E-state index contributed by atoms with van der Waals surface area (Å²) in [6.45, 7) is 0.454. The van der Waals surface area contributed by atoms with E-state index in [1.807, 2.05) is 30.3 Å². The van der Waals surface area contributed by atoms with E-state index in [4.69, 9.17) is 4.74 Å². The number of ether oxygens (including phenoxy) is 1. The normalized spacial score (nSPS) is 22.7. The zero-order valence-corrected chi connectivity index (χ0v) is 18.0. The molecular weight excluding hydrogens is 472 g/mol. The molecule has 4 rings (SSSR count). The fourth-order valence-electron chi connectivity index (χ4n) is 3.74. The third-order valence-corrected chi connectivity index (χ3v) is 8.78. The Hall–Kier alpha value is -1.94. The number of fused-ring (bicyclic) bond motifs is 1. The summed E-state index contributed by atoms with van der Waals surface area (Å²) in [6.07, 6.45) is -4.71. The predicted molar refractivity (Wildman–Crippen MR) is 102 cm³/mol. The second kappa shape index (κ2) is 7.39. The van der Waals surface area contributed by atoms with Gasteiger partial charge in [0, 0.05) is 0 Å². The minimum atomic E-state index is -4.71. The Balaban J connectivity index is 2.03. The molecule has 6 nitrogen and oxygen atoms in total. The van der Waals surface area contributed by atoms with E-state index in [0.717, 1.165) is 15.8 Å². The molecule has 0 spiro atoms. The van der Waals surface area contributed by atoms with Crippen LogP contribution in [0.2, 0.25) is 0 Å². The van der Waals surface area contributed by atoms with Crippen molar-refractivity contribution in [3.8, 4) is 0 Å². The van der Waals surface area contributed by atoms with Crippen LogP contribution in [0, 0.1) is 5.92 Å². The van der Waals surface area contributed by atoms with Crippen LogP contribution in [0.25, 0.3) is 4.96 Å². The van der Waals surface area contributed by atoms with Crippen molar-refractivity contribution in [3.05, 3.63) is 47.2 Å². The van der Waals surface area contributed by atoms with Gasteiger partial charge in [-0.25, -0.2) is 0 Å². The van der Waals surface area contributed by atoms with Gasteiger partial charge in [-0.3, -0.25) is 0 Å². The van der Waals surface area contributed by atoms with Gasteiger partial charge in [-0.2, -0.15) is 0 Å². The molecule has 1 aromatic carbocycles. The molecule has 0 bridgehead atoms. The molecular formula is C18H17F3N4O2SSe. The average Bonchev–Trinajstić information content (AvgIpc) is 3.32. The van der Waals surface area contributed by atoms with E-state index in [0.29, 0.717) is 6.54 Å². The molecule has 2 atom stereocenters. The number of carbonyl (C=O) groups is 1. The molecule has 0 saturated carbocycles. The van der Waals surface area contributed by atoms with E-state index >= 15 is 0 Å². The monoisotopic (exact) mass is 490 g/mol. The third kappa shape index (κ3) is 3.26. The Kier molecular flexibility index (Phi) is 5.18. The number of carbonyl (C=O) groups excluding carboxylic acids is 1. The molecule has 0 N–H and O–H groups in total. The molecule has 3 aromatic rings. The number of rotatable bonds is 5. The maximum atomic E-state index is 14.0. The number of aromatic nitrogens is 3. The van der Waals surface area contributed by atoms with E-state index in [-0.39, 0.29) is 23.2 Å². The van der Waals surface area contributed by atoms with Crippen LogP contribution in [-0.2, 0) is 20.0 Å². The summed E-state index contributed by atoms with van der Waals surface area (Å²) in [5, 5.41) is 4.11. The van der Waals surface area contributed by atoms with Crippen LogP contribution in [0.5, 0.6) is 0 Å². The fourth-order valence-corrected chi connectivity index (χ4v) is 7.50. The zero-order chi connectivity index (χ0) is 20.8. The summed E-state index contributed by atoms with van der Waals surface area (Å²) in [6, 6.07) is 9.14. The predicted octanol–water partition coefficient (Wildman–Crippen LogP) is 1.77. The number of imidazole rings is 1. The van der Waals surface area contributed by atoms with Gasteiger partial charge < -0.3 is 0 Å². The Bertz CT molecular complexity index is 1040. The molecule has 1 amide bonds. The molecule has 11 heteroatoms. The number of alkyl halides is 3. The van der Waals surface area contributed by atoms with Crippen LogP contribution in [0.15, 0.2) is 35.8 Å². The summed E-state index contributed by atoms with van der Waals surface area (Å²) in [5.41, 5.74) is 0.213. The molecule has 1 saturated heterocycles. The van der Waals surface area contributed by atoms with Gasteiger partial charge in [0.15, 0.2) is 0 Å². The molecule has 29 heavy (non-hydrogen) atoms. The van der Waals surface area contributed by atoms with Crippen molar-refractivity contribution in [2.45, 2.75) is 10.5 Å². The van der Waals surface area contributed by atoms with Crippen LogP contribution in [0.3, 0.4) is 0 Å². The standard InChI is InChI=1S/C18H17F3N4O2SSe/c1-24-8-11(9-27-2)17(15(24)26,29-12-6-4-3-5-7-12)14-13(18(19,20)21)23-16-25(14)22-10-28-16/h3-7,10-11H,8-9H2,1-2H3. The number of amides is 1. The molecule has 154 valence electrons. The summed E-state index contributed by atoms with van der Waals surface area (Å²) in [5.74, 6) is -0.823. The summed E-state index contributed by atoms with van der Waals surface area (Å²) in [4.78, 5) is 18.9. The minimum absolute atomic E-state index is 0.120. The number of likely N-dealkylation sites (tertiary alicyclic amines) is 1. The molecule has 0 aliphatic carbocycles.